The van der Waals surface area contributed by atoms with E-state index in [9.17, 15) is 34.8 Å². The van der Waals surface area contributed by atoms with E-state index in [-0.39, 0.29) is 37.2 Å². The fraction of sp³-hybridized carbons (Fsp3) is 0.759. The summed E-state index contributed by atoms with van der Waals surface area (Å²) in [5, 5.41) is 45.0. The summed E-state index contributed by atoms with van der Waals surface area (Å²) in [6, 6.07) is 0. The molecule has 10 atom stereocenters. The van der Waals surface area contributed by atoms with Crippen molar-refractivity contribution < 1.29 is 39.5 Å². The zero-order valence-corrected chi connectivity index (χ0v) is 22.4. The molecule has 4 aliphatic carbocycles. The molecule has 5 rings (SSSR count). The molecule has 0 unspecified atom stereocenters. The van der Waals surface area contributed by atoms with Crippen LogP contribution in [0.15, 0.2) is 22.8 Å². The second kappa shape index (κ2) is 8.31. The lowest BCUT2D eigenvalue weighted by atomic mass is 9.45. The molecule has 0 spiro atoms. The molecule has 4 N–H and O–H groups in total. The lowest BCUT2D eigenvalue weighted by Crippen LogP contribution is -2.66. The topological polar surface area (TPSA) is 141 Å². The quantitative estimate of drug-likeness (QED) is 0.418. The molecular formula is C29H40O8. The minimum absolute atomic E-state index is 0.0734. The number of fused-ring (bicyclic) bond motifs is 5. The Morgan fingerprint density at radius 1 is 1.11 bits per heavy atom. The average molecular weight is 517 g/mol. The van der Waals surface area contributed by atoms with Gasteiger partial charge in [-0.25, -0.2) is 4.79 Å². The summed E-state index contributed by atoms with van der Waals surface area (Å²) in [5.41, 5.74) is -3.43. The van der Waals surface area contributed by atoms with Crippen LogP contribution in [0.4, 0.5) is 0 Å². The number of hydrogen-bond acceptors (Lipinski definition) is 8. The van der Waals surface area contributed by atoms with Gasteiger partial charge in [-0.3, -0.25) is 9.59 Å². The highest BCUT2D eigenvalue weighted by Crippen LogP contribution is 2.67. The van der Waals surface area contributed by atoms with Crippen LogP contribution in [0.1, 0.15) is 79.6 Å². The summed E-state index contributed by atoms with van der Waals surface area (Å²) < 4.78 is 5.67. The standard InChI is InChI=1S/C29H40O8/c1-6-15-9-24(37-25(34)14(15)2)28(5,35)22-7-8-29(36)17-10-19(30)18-11-20(31)21(32)13-26(18,3)16(17)12-23(33)27(22,29)4/h10,16,18,20-22,24,31-32,35-36H,6-9,11-13H2,1-5H3/t16-,18-,20+,21-,22-,24+,26+,27-,28-,29+/m0/s1. The van der Waals surface area contributed by atoms with Gasteiger partial charge in [0.25, 0.3) is 0 Å². The summed E-state index contributed by atoms with van der Waals surface area (Å²) in [4.78, 5) is 40.0. The van der Waals surface area contributed by atoms with E-state index in [0.717, 1.165) is 5.57 Å². The van der Waals surface area contributed by atoms with Crippen LogP contribution in [0.25, 0.3) is 0 Å². The van der Waals surface area contributed by atoms with Gasteiger partial charge in [-0.15, -0.1) is 0 Å². The lowest BCUT2D eigenvalue weighted by molar-refractivity contribution is -0.192. The third-order valence-corrected chi connectivity index (χ3v) is 11.3. The highest BCUT2D eigenvalue weighted by atomic mass is 16.6. The Morgan fingerprint density at radius 2 is 1.78 bits per heavy atom. The van der Waals surface area contributed by atoms with Gasteiger partial charge in [0.1, 0.15) is 17.5 Å². The number of allylic oxidation sites excluding steroid dienone is 1. The highest BCUT2D eigenvalue weighted by molar-refractivity contribution is 5.98. The van der Waals surface area contributed by atoms with Crippen LogP contribution >= 0.6 is 0 Å². The van der Waals surface area contributed by atoms with E-state index in [2.05, 4.69) is 0 Å². The van der Waals surface area contributed by atoms with Crippen molar-refractivity contribution >= 4 is 17.5 Å². The predicted octanol–water partition coefficient (Wildman–Crippen LogP) is 2.16. The number of aliphatic hydroxyl groups is 4. The van der Waals surface area contributed by atoms with E-state index in [1.165, 1.54) is 6.08 Å². The molecule has 0 amide bonds. The zero-order valence-electron chi connectivity index (χ0n) is 22.4. The summed E-state index contributed by atoms with van der Waals surface area (Å²) in [5.74, 6) is -2.55. The molecule has 0 aromatic heterocycles. The van der Waals surface area contributed by atoms with E-state index >= 15 is 0 Å². The lowest BCUT2D eigenvalue weighted by Gasteiger charge is -2.59. The fourth-order valence-electron chi connectivity index (χ4n) is 8.76. The second-order valence-electron chi connectivity index (χ2n) is 12.9. The number of Topliss-reactive ketones (excluding diaryl/α,β-unsaturated/α-hetero) is 1. The maximum absolute atomic E-state index is 14.1. The molecule has 3 saturated carbocycles. The molecular weight excluding hydrogens is 476 g/mol. The average Bonchev–Trinajstić information content (AvgIpc) is 3.12. The molecule has 3 fully saturated rings. The second-order valence-corrected chi connectivity index (χ2v) is 12.9. The number of hydrogen-bond donors (Lipinski definition) is 4. The van der Waals surface area contributed by atoms with E-state index in [1.54, 1.807) is 20.8 Å². The summed E-state index contributed by atoms with van der Waals surface area (Å²) in [6.45, 7) is 8.83. The van der Waals surface area contributed by atoms with Gasteiger partial charge in [-0.2, -0.15) is 0 Å². The normalized spacial score (nSPS) is 47.5. The largest absolute Gasteiger partial charge is 0.456 e. The third kappa shape index (κ3) is 3.38. The van der Waals surface area contributed by atoms with Crippen LogP contribution < -0.4 is 0 Å². The van der Waals surface area contributed by atoms with Crippen molar-refractivity contribution in [2.75, 3.05) is 0 Å². The van der Waals surface area contributed by atoms with Crippen molar-refractivity contribution in [2.24, 2.45) is 28.6 Å². The van der Waals surface area contributed by atoms with E-state index in [4.69, 9.17) is 4.74 Å². The van der Waals surface area contributed by atoms with E-state index in [0.29, 0.717) is 30.4 Å². The number of aliphatic hydroxyl groups excluding tert-OH is 2. The molecule has 8 heteroatoms. The third-order valence-electron chi connectivity index (χ3n) is 11.3. The van der Waals surface area contributed by atoms with Gasteiger partial charge >= 0.3 is 5.97 Å². The Balaban J connectivity index is 1.55. The molecule has 0 bridgehead atoms. The van der Waals surface area contributed by atoms with Crippen molar-refractivity contribution in [1.82, 2.24) is 0 Å². The van der Waals surface area contributed by atoms with Gasteiger partial charge in [-0.1, -0.05) is 19.4 Å². The van der Waals surface area contributed by atoms with Crippen LogP contribution in [0, 0.1) is 28.6 Å². The molecule has 1 heterocycles. The molecule has 1 aliphatic heterocycles. The molecule has 37 heavy (non-hydrogen) atoms. The van der Waals surface area contributed by atoms with Crippen molar-refractivity contribution in [2.45, 2.75) is 109 Å². The number of esters is 1. The minimum atomic E-state index is -1.65. The smallest absolute Gasteiger partial charge is 0.334 e. The van der Waals surface area contributed by atoms with Crippen molar-refractivity contribution in [3.63, 3.8) is 0 Å². The van der Waals surface area contributed by atoms with Gasteiger partial charge in [0, 0.05) is 30.3 Å². The Labute approximate surface area is 217 Å². The molecule has 0 radical (unpaired) electrons. The summed E-state index contributed by atoms with van der Waals surface area (Å²) in [6.07, 6.45) is 0.501. The van der Waals surface area contributed by atoms with Crippen molar-refractivity contribution in [1.29, 1.82) is 0 Å². The number of carbonyl (C=O) groups excluding carboxylic acids is 3. The van der Waals surface area contributed by atoms with Gasteiger partial charge < -0.3 is 25.2 Å². The summed E-state index contributed by atoms with van der Waals surface area (Å²) in [7, 11) is 0. The van der Waals surface area contributed by atoms with Gasteiger partial charge in [0.2, 0.25) is 0 Å². The van der Waals surface area contributed by atoms with Crippen LogP contribution in [0.5, 0.6) is 0 Å². The van der Waals surface area contributed by atoms with Gasteiger partial charge in [0.15, 0.2) is 5.78 Å². The first-order valence-corrected chi connectivity index (χ1v) is 13.6. The molecule has 5 aliphatic rings. The summed E-state index contributed by atoms with van der Waals surface area (Å²) >= 11 is 0. The molecule has 204 valence electrons. The zero-order chi connectivity index (χ0) is 27.3. The highest BCUT2D eigenvalue weighted by Gasteiger charge is 2.72. The van der Waals surface area contributed by atoms with Gasteiger partial charge in [0.05, 0.1) is 23.2 Å². The Bertz CT molecular complexity index is 1120. The number of rotatable bonds is 3. The number of ketones is 2. The Kier molecular flexibility index (Phi) is 6.00. The maximum Gasteiger partial charge on any atom is 0.334 e. The molecule has 0 saturated heterocycles. The molecule has 0 aromatic carbocycles. The molecule has 0 aromatic rings. The Hall–Kier alpha value is -1.87. The monoisotopic (exact) mass is 516 g/mol. The minimum Gasteiger partial charge on any atom is -0.456 e. The van der Waals surface area contributed by atoms with Crippen LogP contribution in [0.2, 0.25) is 0 Å². The van der Waals surface area contributed by atoms with Gasteiger partial charge in [-0.05, 0) is 75.9 Å². The SMILES string of the molecule is CCC1=C(C)C(=O)O[C@@H]([C@@](C)(O)[C@H]2CC[C@@]3(O)C4=CC(=O)[C@@H]5C[C@@H](O)[C@@H](O)C[C@]5(C)[C@H]4CC(=O)[C@]23C)C1. The Morgan fingerprint density at radius 3 is 2.43 bits per heavy atom. The first-order valence-electron chi connectivity index (χ1n) is 13.6. The van der Waals surface area contributed by atoms with E-state index < -0.39 is 64.1 Å². The predicted molar refractivity (Wildman–Crippen MR) is 133 cm³/mol. The van der Waals surface area contributed by atoms with Crippen LogP contribution in [-0.2, 0) is 19.1 Å². The van der Waals surface area contributed by atoms with Crippen LogP contribution in [-0.4, -0.2) is 67.5 Å². The first-order chi connectivity index (χ1) is 17.1. The van der Waals surface area contributed by atoms with Crippen molar-refractivity contribution in [3.8, 4) is 0 Å². The number of carbonyl (C=O) groups is 3. The first kappa shape index (κ1) is 26.7. The number of cyclic esters (lactones) is 1. The van der Waals surface area contributed by atoms with Crippen LogP contribution in [0.3, 0.4) is 0 Å². The maximum atomic E-state index is 14.1. The van der Waals surface area contributed by atoms with E-state index in [1.807, 2.05) is 13.8 Å². The number of ether oxygens (including phenoxy) is 1. The fourth-order valence-corrected chi connectivity index (χ4v) is 8.76. The molecule has 8 nitrogen and oxygen atoms in total. The van der Waals surface area contributed by atoms with Crippen molar-refractivity contribution in [3.05, 3.63) is 22.8 Å².